The molecule has 2 aromatic heterocycles. The van der Waals surface area contributed by atoms with Crippen LogP contribution in [0.1, 0.15) is 58.3 Å². The molecule has 0 aliphatic heterocycles. The third-order valence-corrected chi connectivity index (χ3v) is 6.57. The maximum Gasteiger partial charge on any atom is 0.284 e. The van der Waals surface area contributed by atoms with Gasteiger partial charge in [-0.25, -0.2) is 0 Å². The van der Waals surface area contributed by atoms with E-state index in [0.717, 1.165) is 24.8 Å². The zero-order chi connectivity index (χ0) is 18.9. The number of aryl methyl sites for hydroxylation is 1. The van der Waals surface area contributed by atoms with Crippen molar-refractivity contribution in [3.05, 3.63) is 52.3 Å². The molecule has 5 nitrogen and oxygen atoms in total. The van der Waals surface area contributed by atoms with E-state index in [1.54, 1.807) is 24.0 Å². The first-order chi connectivity index (χ1) is 13.8. The van der Waals surface area contributed by atoms with E-state index in [0.29, 0.717) is 22.6 Å². The molecular weight excluding hydrogens is 372 g/mol. The van der Waals surface area contributed by atoms with Crippen molar-refractivity contribution in [1.82, 2.24) is 10.2 Å². The second kappa shape index (κ2) is 7.59. The minimum Gasteiger partial charge on any atom is -0.459 e. The molecule has 0 amide bonds. The van der Waals surface area contributed by atoms with Crippen LogP contribution in [0.2, 0.25) is 0 Å². The highest BCUT2D eigenvalue weighted by molar-refractivity contribution is 7.99. The molecule has 0 atom stereocenters. The van der Waals surface area contributed by atoms with Gasteiger partial charge in [0, 0.05) is 5.56 Å². The van der Waals surface area contributed by atoms with Gasteiger partial charge in [0.15, 0.2) is 11.5 Å². The molecule has 2 aliphatic carbocycles. The molecule has 0 fully saturated rings. The van der Waals surface area contributed by atoms with Crippen LogP contribution in [0.4, 0.5) is 0 Å². The molecular formula is C22H22N2O3S. The number of nitrogens with zero attached hydrogens (tertiary/aromatic N) is 2. The van der Waals surface area contributed by atoms with Gasteiger partial charge < -0.3 is 8.83 Å². The Kier molecular flexibility index (Phi) is 4.81. The highest BCUT2D eigenvalue weighted by Gasteiger charge is 2.25. The summed E-state index contributed by atoms with van der Waals surface area (Å²) in [6, 6.07) is 5.73. The minimum absolute atomic E-state index is 0.161. The number of carbonyl (C=O) groups is 1. The van der Waals surface area contributed by atoms with Crippen LogP contribution in [0, 0.1) is 0 Å². The number of thioether (sulfide) groups is 1. The van der Waals surface area contributed by atoms with E-state index in [9.17, 15) is 4.79 Å². The van der Waals surface area contributed by atoms with Crippen molar-refractivity contribution in [3.63, 3.8) is 0 Å². The van der Waals surface area contributed by atoms with Gasteiger partial charge in [-0.2, -0.15) is 0 Å². The Balaban J connectivity index is 1.37. The normalized spacial score (nSPS) is 15.9. The van der Waals surface area contributed by atoms with Crippen molar-refractivity contribution in [2.45, 2.75) is 56.6 Å². The molecule has 0 bridgehead atoms. The Morgan fingerprint density at radius 2 is 1.79 bits per heavy atom. The van der Waals surface area contributed by atoms with E-state index >= 15 is 0 Å². The van der Waals surface area contributed by atoms with Crippen molar-refractivity contribution < 1.29 is 13.6 Å². The Morgan fingerprint density at radius 1 is 1.00 bits per heavy atom. The fraction of sp³-hybridized carbons (Fsp3) is 0.409. The smallest absolute Gasteiger partial charge is 0.284 e. The van der Waals surface area contributed by atoms with Gasteiger partial charge in [-0.3, -0.25) is 4.79 Å². The van der Waals surface area contributed by atoms with Gasteiger partial charge in [-0.15, -0.1) is 10.2 Å². The van der Waals surface area contributed by atoms with Crippen LogP contribution in [0.3, 0.4) is 0 Å². The molecule has 0 saturated carbocycles. The van der Waals surface area contributed by atoms with Gasteiger partial charge in [0.25, 0.3) is 11.1 Å². The Hall–Kier alpha value is -2.34. The van der Waals surface area contributed by atoms with Crippen LogP contribution in [-0.4, -0.2) is 21.7 Å². The summed E-state index contributed by atoms with van der Waals surface area (Å²) in [5, 5.41) is 8.42. The van der Waals surface area contributed by atoms with Crippen LogP contribution in [0.15, 0.2) is 38.5 Å². The van der Waals surface area contributed by atoms with Crippen LogP contribution in [0.5, 0.6) is 0 Å². The van der Waals surface area contributed by atoms with Crippen molar-refractivity contribution in [3.8, 4) is 11.7 Å². The standard InChI is InChI=1S/C22H22N2O3S/c25-19(13-28-22-24-23-21(27-22)20-10-5-11-26-20)18-12-14-6-1-2-7-15(14)16-8-3-4-9-17(16)18/h5,10-12H,1-4,6-9,13H2. The van der Waals surface area contributed by atoms with Gasteiger partial charge in [0.2, 0.25) is 0 Å². The maximum absolute atomic E-state index is 13.1. The van der Waals surface area contributed by atoms with E-state index < -0.39 is 0 Å². The zero-order valence-electron chi connectivity index (χ0n) is 15.7. The summed E-state index contributed by atoms with van der Waals surface area (Å²) < 4.78 is 10.9. The van der Waals surface area contributed by atoms with Gasteiger partial charge in [0.1, 0.15) is 0 Å². The first kappa shape index (κ1) is 17.7. The SMILES string of the molecule is O=C(CSc1nnc(-c2ccco2)o1)c1cc2c(c3c1CCCC3)CCCC2. The number of furan rings is 1. The average molecular weight is 394 g/mol. The van der Waals surface area contributed by atoms with Gasteiger partial charge in [-0.1, -0.05) is 11.8 Å². The van der Waals surface area contributed by atoms with Crippen LogP contribution < -0.4 is 0 Å². The third-order valence-electron chi connectivity index (χ3n) is 5.75. The first-order valence-electron chi connectivity index (χ1n) is 9.99. The fourth-order valence-electron chi connectivity index (χ4n) is 4.45. The van der Waals surface area contributed by atoms with E-state index in [1.165, 1.54) is 60.6 Å². The monoisotopic (exact) mass is 394 g/mol. The van der Waals surface area contributed by atoms with E-state index in [1.807, 2.05) is 0 Å². The minimum atomic E-state index is 0.161. The summed E-state index contributed by atoms with van der Waals surface area (Å²) in [5.74, 6) is 1.35. The summed E-state index contributed by atoms with van der Waals surface area (Å²) in [6.07, 6.45) is 10.9. The Labute approximate surface area is 167 Å². The number of hydrogen-bond acceptors (Lipinski definition) is 6. The number of Topliss-reactive ketones (excluding diaryl/α,β-unsaturated/α-hetero) is 1. The number of benzene rings is 1. The molecule has 0 unspecified atom stereocenters. The summed E-state index contributed by atoms with van der Waals surface area (Å²) in [4.78, 5) is 13.1. The lowest BCUT2D eigenvalue weighted by Gasteiger charge is -2.27. The number of hydrogen-bond donors (Lipinski definition) is 0. The van der Waals surface area contributed by atoms with Crippen LogP contribution >= 0.6 is 11.8 Å². The van der Waals surface area contributed by atoms with Crippen molar-refractivity contribution in [1.29, 1.82) is 0 Å². The zero-order valence-corrected chi connectivity index (χ0v) is 16.5. The van der Waals surface area contributed by atoms with E-state index in [4.69, 9.17) is 8.83 Å². The lowest BCUT2D eigenvalue weighted by atomic mass is 9.78. The van der Waals surface area contributed by atoms with Crippen LogP contribution in [-0.2, 0) is 25.7 Å². The predicted molar refractivity (Wildman–Crippen MR) is 107 cm³/mol. The lowest BCUT2D eigenvalue weighted by molar-refractivity contribution is 0.102. The molecule has 0 N–H and O–H groups in total. The fourth-order valence-corrected chi connectivity index (χ4v) is 5.10. The topological polar surface area (TPSA) is 69.1 Å². The lowest BCUT2D eigenvalue weighted by Crippen LogP contribution is -2.18. The quantitative estimate of drug-likeness (QED) is 0.445. The number of fused-ring (bicyclic) bond motifs is 3. The molecule has 28 heavy (non-hydrogen) atoms. The maximum atomic E-state index is 13.1. The molecule has 2 aliphatic rings. The molecule has 6 heteroatoms. The average Bonchev–Trinajstić information content (AvgIpc) is 3.43. The summed E-state index contributed by atoms with van der Waals surface area (Å²) >= 11 is 1.30. The number of carbonyl (C=O) groups excluding carboxylic acids is 1. The molecule has 5 rings (SSSR count). The second-order valence-corrected chi connectivity index (χ2v) is 8.42. The number of ketones is 1. The third kappa shape index (κ3) is 3.30. The summed E-state index contributed by atoms with van der Waals surface area (Å²) in [5.41, 5.74) is 6.66. The van der Waals surface area contributed by atoms with E-state index in [-0.39, 0.29) is 5.78 Å². The van der Waals surface area contributed by atoms with Gasteiger partial charge in [0.05, 0.1) is 12.0 Å². The summed E-state index contributed by atoms with van der Waals surface area (Å²) in [7, 11) is 0. The van der Waals surface area contributed by atoms with Gasteiger partial charge >= 0.3 is 0 Å². The molecule has 0 radical (unpaired) electrons. The van der Waals surface area contributed by atoms with Crippen molar-refractivity contribution in [2.75, 3.05) is 5.75 Å². The largest absolute Gasteiger partial charge is 0.459 e. The summed E-state index contributed by atoms with van der Waals surface area (Å²) in [6.45, 7) is 0. The van der Waals surface area contributed by atoms with Gasteiger partial charge in [-0.05, 0) is 91.8 Å². The molecule has 2 heterocycles. The van der Waals surface area contributed by atoms with Crippen molar-refractivity contribution >= 4 is 17.5 Å². The highest BCUT2D eigenvalue weighted by atomic mass is 32.2. The van der Waals surface area contributed by atoms with Crippen LogP contribution in [0.25, 0.3) is 11.7 Å². The van der Waals surface area contributed by atoms with E-state index in [2.05, 4.69) is 16.3 Å². The predicted octanol–water partition coefficient (Wildman–Crippen LogP) is 5.06. The molecule has 144 valence electrons. The molecule has 1 aromatic carbocycles. The molecule has 0 saturated heterocycles. The molecule has 0 spiro atoms. The molecule has 3 aromatic rings. The number of aromatic nitrogens is 2. The van der Waals surface area contributed by atoms with Crippen molar-refractivity contribution in [2.24, 2.45) is 0 Å². The highest BCUT2D eigenvalue weighted by Crippen LogP contribution is 2.35. The number of rotatable bonds is 5. The first-order valence-corrected chi connectivity index (χ1v) is 11.0. The Bertz CT molecular complexity index is 1010. The Morgan fingerprint density at radius 3 is 2.61 bits per heavy atom. The second-order valence-electron chi connectivity index (χ2n) is 7.50.